The lowest BCUT2D eigenvalue weighted by molar-refractivity contribution is 0.142. The van der Waals surface area contributed by atoms with E-state index in [0.29, 0.717) is 37.1 Å². The van der Waals surface area contributed by atoms with Gasteiger partial charge in [-0.1, -0.05) is 37.2 Å². The Balaban J connectivity index is 1.54. The quantitative estimate of drug-likeness (QED) is 0.643. The summed E-state index contributed by atoms with van der Waals surface area (Å²) in [6, 6.07) is 10.5. The molecule has 0 fully saturated rings. The number of hydrogen-bond acceptors (Lipinski definition) is 5. The van der Waals surface area contributed by atoms with Crippen molar-refractivity contribution >= 4 is 6.09 Å². The Morgan fingerprint density at radius 3 is 2.77 bits per heavy atom. The number of carbonyl (C=O) groups is 1. The van der Waals surface area contributed by atoms with E-state index in [1.165, 1.54) is 16.7 Å². The molecule has 162 valence electrons. The van der Waals surface area contributed by atoms with Crippen molar-refractivity contribution in [3.8, 4) is 11.5 Å². The molecule has 3 heterocycles. The molecular formula is C24H28N4O3. The summed E-state index contributed by atoms with van der Waals surface area (Å²) < 4.78 is 5.20. The predicted molar refractivity (Wildman–Crippen MR) is 117 cm³/mol. The van der Waals surface area contributed by atoms with Crippen LogP contribution in [0.4, 0.5) is 4.79 Å². The van der Waals surface area contributed by atoms with Gasteiger partial charge in [-0.3, -0.25) is 4.98 Å². The van der Waals surface area contributed by atoms with Crippen LogP contribution in [-0.4, -0.2) is 44.3 Å². The lowest BCUT2D eigenvalue weighted by atomic mass is 9.86. The SMILES string of the molecule is Cc1noc(-c2ccc(Cc3ccc4c(c3)CCN(C(=O)O)CC4CC(C)C)nc2)n1. The van der Waals surface area contributed by atoms with Crippen LogP contribution < -0.4 is 0 Å². The Kier molecular flexibility index (Phi) is 6.02. The summed E-state index contributed by atoms with van der Waals surface area (Å²) in [4.78, 5) is 22.0. The molecule has 1 aliphatic rings. The fourth-order valence-electron chi connectivity index (χ4n) is 4.32. The maximum Gasteiger partial charge on any atom is 0.407 e. The number of hydrogen-bond donors (Lipinski definition) is 1. The Hall–Kier alpha value is -3.22. The van der Waals surface area contributed by atoms with E-state index in [4.69, 9.17) is 4.52 Å². The first-order valence-electron chi connectivity index (χ1n) is 10.7. The summed E-state index contributed by atoms with van der Waals surface area (Å²) in [5.74, 6) is 1.82. The monoisotopic (exact) mass is 420 g/mol. The normalized spacial score (nSPS) is 16.3. The van der Waals surface area contributed by atoms with E-state index in [9.17, 15) is 9.90 Å². The van der Waals surface area contributed by atoms with Crippen LogP contribution >= 0.6 is 0 Å². The summed E-state index contributed by atoms with van der Waals surface area (Å²) in [5.41, 5.74) is 5.48. The topological polar surface area (TPSA) is 92.4 Å². The number of carboxylic acid groups (broad SMARTS) is 1. The maximum atomic E-state index is 11.6. The van der Waals surface area contributed by atoms with Gasteiger partial charge in [0.1, 0.15) is 0 Å². The molecule has 1 unspecified atom stereocenters. The summed E-state index contributed by atoms with van der Waals surface area (Å²) in [6.45, 7) is 7.27. The fraction of sp³-hybridized carbons (Fsp3) is 0.417. The number of fused-ring (bicyclic) bond motifs is 1. The molecule has 31 heavy (non-hydrogen) atoms. The number of benzene rings is 1. The Morgan fingerprint density at radius 1 is 1.29 bits per heavy atom. The number of rotatable bonds is 5. The van der Waals surface area contributed by atoms with Crippen LogP contribution in [0.1, 0.15) is 54.4 Å². The first kappa shape index (κ1) is 21.0. The second-order valence-electron chi connectivity index (χ2n) is 8.70. The third kappa shape index (κ3) is 4.93. The van der Waals surface area contributed by atoms with Gasteiger partial charge in [0.05, 0.1) is 5.56 Å². The van der Waals surface area contributed by atoms with Crippen LogP contribution in [0, 0.1) is 12.8 Å². The molecule has 3 aromatic rings. The molecule has 7 heteroatoms. The zero-order valence-electron chi connectivity index (χ0n) is 18.2. The average molecular weight is 421 g/mol. The van der Waals surface area contributed by atoms with Crippen molar-refractivity contribution in [3.63, 3.8) is 0 Å². The van der Waals surface area contributed by atoms with Crippen molar-refractivity contribution in [2.45, 2.75) is 46.0 Å². The molecule has 0 saturated heterocycles. The van der Waals surface area contributed by atoms with E-state index in [1.54, 1.807) is 18.0 Å². The minimum absolute atomic E-state index is 0.234. The highest BCUT2D eigenvalue weighted by Crippen LogP contribution is 2.32. The molecule has 1 atom stereocenters. The largest absolute Gasteiger partial charge is 0.465 e. The van der Waals surface area contributed by atoms with E-state index in [2.05, 4.69) is 47.2 Å². The van der Waals surface area contributed by atoms with Crippen molar-refractivity contribution in [1.29, 1.82) is 0 Å². The van der Waals surface area contributed by atoms with Gasteiger partial charge >= 0.3 is 6.09 Å². The number of aryl methyl sites for hydroxylation is 1. The molecular weight excluding hydrogens is 392 g/mol. The van der Waals surface area contributed by atoms with Gasteiger partial charge < -0.3 is 14.5 Å². The Morgan fingerprint density at radius 2 is 2.13 bits per heavy atom. The second-order valence-corrected chi connectivity index (χ2v) is 8.70. The van der Waals surface area contributed by atoms with Crippen LogP contribution in [0.25, 0.3) is 11.5 Å². The van der Waals surface area contributed by atoms with Gasteiger partial charge in [-0.05, 0) is 54.5 Å². The fourth-order valence-corrected chi connectivity index (χ4v) is 4.32. The molecule has 0 spiro atoms. The highest BCUT2D eigenvalue weighted by Gasteiger charge is 2.26. The van der Waals surface area contributed by atoms with Gasteiger partial charge in [-0.25, -0.2) is 4.79 Å². The van der Waals surface area contributed by atoms with Crippen molar-refractivity contribution in [2.75, 3.05) is 13.1 Å². The molecule has 0 saturated carbocycles. The van der Waals surface area contributed by atoms with Gasteiger partial charge in [0, 0.05) is 37.3 Å². The van der Waals surface area contributed by atoms with Crippen molar-refractivity contribution in [3.05, 3.63) is 64.7 Å². The summed E-state index contributed by atoms with van der Waals surface area (Å²) in [6.07, 6.45) is 3.37. The molecule has 2 aromatic heterocycles. The molecule has 4 rings (SSSR count). The minimum Gasteiger partial charge on any atom is -0.465 e. The van der Waals surface area contributed by atoms with Crippen LogP contribution in [0.2, 0.25) is 0 Å². The first-order chi connectivity index (χ1) is 14.9. The summed E-state index contributed by atoms with van der Waals surface area (Å²) >= 11 is 0. The number of pyridine rings is 1. The highest BCUT2D eigenvalue weighted by atomic mass is 16.5. The Bertz CT molecular complexity index is 1060. The predicted octanol–water partition coefficient (Wildman–Crippen LogP) is 4.70. The van der Waals surface area contributed by atoms with Gasteiger partial charge in [0.2, 0.25) is 0 Å². The van der Waals surface area contributed by atoms with Gasteiger partial charge in [0.15, 0.2) is 5.82 Å². The molecule has 1 aromatic carbocycles. The lowest BCUT2D eigenvalue weighted by Gasteiger charge is -2.24. The number of aromatic nitrogens is 3. The van der Waals surface area contributed by atoms with E-state index >= 15 is 0 Å². The summed E-state index contributed by atoms with van der Waals surface area (Å²) in [7, 11) is 0. The summed E-state index contributed by atoms with van der Waals surface area (Å²) in [5, 5.41) is 13.4. The van der Waals surface area contributed by atoms with Crippen LogP contribution in [0.5, 0.6) is 0 Å². The molecule has 1 N–H and O–H groups in total. The Labute approximate surface area is 182 Å². The average Bonchev–Trinajstić information content (AvgIpc) is 3.08. The van der Waals surface area contributed by atoms with E-state index in [1.807, 2.05) is 12.1 Å². The van der Waals surface area contributed by atoms with Crippen LogP contribution in [-0.2, 0) is 12.8 Å². The molecule has 0 bridgehead atoms. The van der Waals surface area contributed by atoms with Crippen LogP contribution in [0.3, 0.4) is 0 Å². The smallest absolute Gasteiger partial charge is 0.407 e. The number of amides is 1. The maximum absolute atomic E-state index is 11.6. The van der Waals surface area contributed by atoms with E-state index in [0.717, 1.165) is 24.1 Å². The zero-order valence-corrected chi connectivity index (χ0v) is 18.2. The second kappa shape index (κ2) is 8.88. The first-order valence-corrected chi connectivity index (χ1v) is 10.7. The lowest BCUT2D eigenvalue weighted by Crippen LogP contribution is -2.33. The number of nitrogens with zero attached hydrogens (tertiary/aromatic N) is 4. The van der Waals surface area contributed by atoms with E-state index < -0.39 is 6.09 Å². The minimum atomic E-state index is -0.831. The van der Waals surface area contributed by atoms with Gasteiger partial charge in [-0.2, -0.15) is 4.98 Å². The standard InChI is InChI=1S/C24H28N4O3/c1-15(2)10-20-14-28(24(29)30)9-8-18-11-17(4-7-22(18)20)12-21-6-5-19(13-25-21)23-26-16(3)27-31-23/h4-7,11,13,15,20H,8-10,12,14H2,1-3H3,(H,29,30). The molecule has 7 nitrogen and oxygen atoms in total. The van der Waals surface area contributed by atoms with Gasteiger partial charge in [-0.15, -0.1) is 0 Å². The molecule has 0 aliphatic carbocycles. The highest BCUT2D eigenvalue weighted by molar-refractivity contribution is 5.65. The van der Waals surface area contributed by atoms with Crippen molar-refractivity contribution in [2.24, 2.45) is 5.92 Å². The van der Waals surface area contributed by atoms with Crippen LogP contribution in [0.15, 0.2) is 41.1 Å². The van der Waals surface area contributed by atoms with Gasteiger partial charge in [0.25, 0.3) is 5.89 Å². The molecule has 0 radical (unpaired) electrons. The molecule has 1 amide bonds. The zero-order chi connectivity index (χ0) is 22.0. The van der Waals surface area contributed by atoms with E-state index in [-0.39, 0.29) is 5.92 Å². The van der Waals surface area contributed by atoms with Crippen molar-refractivity contribution < 1.29 is 14.4 Å². The van der Waals surface area contributed by atoms with Crippen molar-refractivity contribution in [1.82, 2.24) is 20.0 Å². The third-order valence-corrected chi connectivity index (χ3v) is 5.75. The third-order valence-electron chi connectivity index (χ3n) is 5.75. The molecule has 1 aliphatic heterocycles.